The average Bonchev–Trinajstić information content (AvgIpc) is 2.92. The molecule has 0 saturated carbocycles. The van der Waals surface area contributed by atoms with Gasteiger partial charge in [0.15, 0.2) is 5.11 Å². The lowest BCUT2D eigenvalue weighted by molar-refractivity contribution is 0.0746. The number of carbonyl (C=O) groups excluding carboxylic acids is 2. The highest BCUT2D eigenvalue weighted by atomic mass is 79.9. The van der Waals surface area contributed by atoms with Crippen molar-refractivity contribution < 1.29 is 14.3 Å². The van der Waals surface area contributed by atoms with Crippen molar-refractivity contribution >= 4 is 68.1 Å². The first-order chi connectivity index (χ1) is 18.3. The lowest BCUT2D eigenvalue weighted by Gasteiger charge is -2.36. The van der Waals surface area contributed by atoms with Gasteiger partial charge in [-0.15, -0.1) is 0 Å². The maximum atomic E-state index is 13.0. The number of benzene rings is 3. The van der Waals surface area contributed by atoms with Crippen molar-refractivity contribution in [2.75, 3.05) is 43.0 Å². The van der Waals surface area contributed by atoms with Gasteiger partial charge in [-0.25, -0.2) is 0 Å². The average molecular weight is 616 g/mol. The van der Waals surface area contributed by atoms with Gasteiger partial charge < -0.3 is 19.9 Å². The first-order valence-electron chi connectivity index (χ1n) is 12.3. The van der Waals surface area contributed by atoms with Crippen LogP contribution in [0.2, 0.25) is 5.02 Å². The molecule has 0 bridgehead atoms. The minimum Gasteiger partial charge on any atom is -0.494 e. The number of halogens is 2. The summed E-state index contributed by atoms with van der Waals surface area (Å²) in [7, 11) is 0. The third-order valence-electron chi connectivity index (χ3n) is 6.02. The number of nitrogens with zero attached hydrogens (tertiary/aromatic N) is 2. The van der Waals surface area contributed by atoms with Crippen molar-refractivity contribution in [3.63, 3.8) is 0 Å². The zero-order chi connectivity index (χ0) is 27.1. The molecule has 4 rings (SSSR count). The second-order valence-corrected chi connectivity index (χ2v) is 10.5. The fourth-order valence-electron chi connectivity index (χ4n) is 4.03. The Morgan fingerprint density at radius 2 is 1.63 bits per heavy atom. The van der Waals surface area contributed by atoms with Gasteiger partial charge in [-0.05, 0) is 85.4 Å². The number of hydrogen-bond donors (Lipinski definition) is 2. The van der Waals surface area contributed by atoms with Gasteiger partial charge in [0.1, 0.15) is 5.75 Å². The van der Waals surface area contributed by atoms with Crippen molar-refractivity contribution in [1.29, 1.82) is 0 Å². The Bertz CT molecular complexity index is 1300. The van der Waals surface area contributed by atoms with E-state index in [9.17, 15) is 9.59 Å². The molecule has 3 aromatic carbocycles. The van der Waals surface area contributed by atoms with E-state index in [4.69, 9.17) is 28.6 Å². The maximum absolute atomic E-state index is 13.0. The molecule has 0 spiro atoms. The predicted octanol–water partition coefficient (Wildman–Crippen LogP) is 5.98. The standard InChI is InChI=1S/C28H28BrClN4O3S/c1-2-17-37-23-10-5-20(6-11-23)27(36)34-15-13-33(14-16-34)25-12-9-22(18-24(25)30)31-28(38)32-26(35)19-3-7-21(29)8-4-19/h3-12,18H,2,13-17H2,1H3,(H2,31,32,35,38). The number of amides is 2. The van der Waals surface area contributed by atoms with Crippen molar-refractivity contribution in [1.82, 2.24) is 10.2 Å². The third kappa shape index (κ3) is 7.24. The predicted molar refractivity (Wildman–Crippen MR) is 160 cm³/mol. The summed E-state index contributed by atoms with van der Waals surface area (Å²) in [4.78, 5) is 29.3. The molecule has 1 aliphatic heterocycles. The van der Waals surface area contributed by atoms with Gasteiger partial charge in [0.2, 0.25) is 0 Å². The van der Waals surface area contributed by atoms with Crippen LogP contribution in [-0.2, 0) is 0 Å². The van der Waals surface area contributed by atoms with Gasteiger partial charge in [0.05, 0.1) is 17.3 Å². The number of rotatable bonds is 7. The number of nitrogens with one attached hydrogen (secondary N) is 2. The summed E-state index contributed by atoms with van der Waals surface area (Å²) in [6.45, 7) is 5.23. The van der Waals surface area contributed by atoms with E-state index in [0.717, 1.165) is 22.3 Å². The highest BCUT2D eigenvalue weighted by Gasteiger charge is 2.23. The van der Waals surface area contributed by atoms with Crippen LogP contribution in [0.5, 0.6) is 5.75 Å². The van der Waals surface area contributed by atoms with Crippen LogP contribution in [0.15, 0.2) is 71.2 Å². The van der Waals surface area contributed by atoms with E-state index in [2.05, 4.69) is 38.4 Å². The van der Waals surface area contributed by atoms with Crippen LogP contribution in [0.3, 0.4) is 0 Å². The van der Waals surface area contributed by atoms with Crippen LogP contribution < -0.4 is 20.3 Å². The Balaban J connectivity index is 1.29. The van der Waals surface area contributed by atoms with Gasteiger partial charge in [0.25, 0.3) is 11.8 Å². The van der Waals surface area contributed by atoms with Crippen molar-refractivity contribution in [3.8, 4) is 5.75 Å². The van der Waals surface area contributed by atoms with Crippen LogP contribution >= 0.6 is 39.7 Å². The number of anilines is 2. The molecule has 3 aromatic rings. The second kappa shape index (κ2) is 13.1. The van der Waals surface area contributed by atoms with Crippen LogP contribution in [0, 0.1) is 0 Å². The highest BCUT2D eigenvalue weighted by molar-refractivity contribution is 9.10. The van der Waals surface area contributed by atoms with Crippen molar-refractivity contribution in [2.24, 2.45) is 0 Å². The summed E-state index contributed by atoms with van der Waals surface area (Å²) in [6.07, 6.45) is 0.938. The lowest BCUT2D eigenvalue weighted by atomic mass is 10.1. The number of thiocarbonyl (C=S) groups is 1. The molecule has 0 aromatic heterocycles. The fourth-order valence-corrected chi connectivity index (χ4v) is 4.80. The number of piperazine rings is 1. The first kappa shape index (κ1) is 27.9. The topological polar surface area (TPSA) is 73.9 Å². The van der Waals surface area contributed by atoms with Gasteiger partial charge in [0, 0.05) is 47.5 Å². The molecular weight excluding hydrogens is 588 g/mol. The molecule has 38 heavy (non-hydrogen) atoms. The molecular formula is C28H28BrClN4O3S. The number of ether oxygens (including phenoxy) is 1. The molecule has 10 heteroatoms. The largest absolute Gasteiger partial charge is 0.494 e. The molecule has 0 atom stereocenters. The minimum atomic E-state index is -0.300. The molecule has 1 heterocycles. The normalized spacial score (nSPS) is 13.1. The summed E-state index contributed by atoms with van der Waals surface area (Å²) in [5.74, 6) is 0.482. The molecule has 2 amide bonds. The first-order valence-corrected chi connectivity index (χ1v) is 13.9. The van der Waals surface area contributed by atoms with Crippen LogP contribution in [0.25, 0.3) is 0 Å². The van der Waals surface area contributed by atoms with Gasteiger partial charge in [-0.1, -0.05) is 34.5 Å². The lowest BCUT2D eigenvalue weighted by Crippen LogP contribution is -2.48. The Morgan fingerprint density at radius 3 is 2.26 bits per heavy atom. The van der Waals surface area contributed by atoms with Gasteiger partial charge in [-0.2, -0.15) is 0 Å². The summed E-state index contributed by atoms with van der Waals surface area (Å²) in [6, 6.07) is 19.9. The van der Waals surface area contributed by atoms with Crippen LogP contribution in [-0.4, -0.2) is 54.6 Å². The molecule has 198 valence electrons. The number of carbonyl (C=O) groups is 2. The molecule has 7 nitrogen and oxygen atoms in total. The van der Waals surface area contributed by atoms with Gasteiger partial charge >= 0.3 is 0 Å². The minimum absolute atomic E-state index is 0.0102. The summed E-state index contributed by atoms with van der Waals surface area (Å²) < 4.78 is 6.49. The van der Waals surface area contributed by atoms with E-state index in [-0.39, 0.29) is 16.9 Å². The zero-order valence-corrected chi connectivity index (χ0v) is 24.0. The van der Waals surface area contributed by atoms with Crippen LogP contribution in [0.4, 0.5) is 11.4 Å². The van der Waals surface area contributed by atoms with E-state index < -0.39 is 0 Å². The molecule has 2 N–H and O–H groups in total. The Morgan fingerprint density at radius 1 is 0.974 bits per heavy atom. The van der Waals surface area contributed by atoms with Gasteiger partial charge in [-0.3, -0.25) is 14.9 Å². The Labute approximate surface area is 241 Å². The van der Waals surface area contributed by atoms with E-state index in [1.165, 1.54) is 0 Å². The smallest absolute Gasteiger partial charge is 0.257 e. The molecule has 1 aliphatic rings. The Hall–Kier alpha value is -3.14. The zero-order valence-electron chi connectivity index (χ0n) is 20.9. The molecule has 0 unspecified atom stereocenters. The molecule has 1 fully saturated rings. The van der Waals surface area contributed by atoms with Crippen LogP contribution in [0.1, 0.15) is 34.1 Å². The SMILES string of the molecule is CCCOc1ccc(C(=O)N2CCN(c3ccc(NC(=S)NC(=O)c4ccc(Br)cc4)cc3Cl)CC2)cc1. The van der Waals surface area contributed by atoms with E-state index in [0.29, 0.717) is 54.6 Å². The Kier molecular flexibility index (Phi) is 9.60. The summed E-state index contributed by atoms with van der Waals surface area (Å²) in [5.41, 5.74) is 2.70. The highest BCUT2D eigenvalue weighted by Crippen LogP contribution is 2.30. The van der Waals surface area contributed by atoms with E-state index in [1.54, 1.807) is 30.3 Å². The van der Waals surface area contributed by atoms with E-state index in [1.807, 2.05) is 41.3 Å². The monoisotopic (exact) mass is 614 g/mol. The summed E-state index contributed by atoms with van der Waals surface area (Å²) >= 11 is 15.2. The second-order valence-electron chi connectivity index (χ2n) is 8.73. The third-order valence-corrected chi connectivity index (χ3v) is 7.06. The molecule has 1 saturated heterocycles. The summed E-state index contributed by atoms with van der Waals surface area (Å²) in [5, 5.41) is 6.41. The van der Waals surface area contributed by atoms with E-state index >= 15 is 0 Å². The van der Waals surface area contributed by atoms with Crippen molar-refractivity contribution in [2.45, 2.75) is 13.3 Å². The molecule has 0 radical (unpaired) electrons. The number of hydrogen-bond acceptors (Lipinski definition) is 5. The fraction of sp³-hybridized carbons (Fsp3) is 0.250. The maximum Gasteiger partial charge on any atom is 0.257 e. The quantitative estimate of drug-likeness (QED) is 0.319. The van der Waals surface area contributed by atoms with Crippen molar-refractivity contribution in [3.05, 3.63) is 87.4 Å². The molecule has 0 aliphatic carbocycles.